The number of thiophene rings is 1. The monoisotopic (exact) mass is 962 g/mol. The highest BCUT2D eigenvalue weighted by Crippen LogP contribution is 2.49. The molecule has 2 unspecified atom stereocenters. The van der Waals surface area contributed by atoms with Crippen LogP contribution in [0.2, 0.25) is 0 Å². The highest BCUT2D eigenvalue weighted by molar-refractivity contribution is 7.13. The Morgan fingerprint density at radius 2 is 0.958 bits per heavy atom. The van der Waals surface area contributed by atoms with Crippen molar-refractivity contribution in [3.05, 3.63) is 249 Å². The number of ether oxygens (including phenoxy) is 2. The molecule has 2 atom stereocenters. The molecule has 2 aliphatic rings. The summed E-state index contributed by atoms with van der Waals surface area (Å²) in [6.07, 6.45) is 0. The Bertz CT molecular complexity index is 3660. The van der Waals surface area contributed by atoms with Crippen molar-refractivity contribution >= 4 is 56.5 Å². The molecule has 0 radical (unpaired) electrons. The summed E-state index contributed by atoms with van der Waals surface area (Å²) in [5.74, 6) is 0.237. The van der Waals surface area contributed by atoms with E-state index in [1.807, 2.05) is 122 Å². The summed E-state index contributed by atoms with van der Waals surface area (Å²) in [5.41, 5.74) is 12.4. The first-order chi connectivity index (χ1) is 35.3. The average molecular weight is 963 g/mol. The molecular formula is C61H50N6O4S. The zero-order chi connectivity index (χ0) is 49.1. The molecule has 0 spiro atoms. The summed E-state index contributed by atoms with van der Waals surface area (Å²) in [6.45, 7) is 6.34. The molecule has 4 N–H and O–H groups in total. The van der Waals surface area contributed by atoms with Crippen molar-refractivity contribution in [1.29, 1.82) is 0 Å². The van der Waals surface area contributed by atoms with Gasteiger partial charge in [0.15, 0.2) is 0 Å². The van der Waals surface area contributed by atoms with Crippen molar-refractivity contribution < 1.29 is 19.1 Å². The van der Waals surface area contributed by atoms with Crippen molar-refractivity contribution in [3.8, 4) is 21.8 Å². The van der Waals surface area contributed by atoms with Crippen molar-refractivity contribution in [3.63, 3.8) is 0 Å². The van der Waals surface area contributed by atoms with E-state index in [1.54, 1.807) is 11.3 Å². The van der Waals surface area contributed by atoms with Crippen LogP contribution in [0.15, 0.2) is 210 Å². The van der Waals surface area contributed by atoms with Crippen LogP contribution in [0.4, 0.5) is 11.6 Å². The van der Waals surface area contributed by atoms with Crippen LogP contribution in [0.5, 0.6) is 0 Å². The van der Waals surface area contributed by atoms with Gasteiger partial charge in [-0.15, -0.1) is 11.3 Å². The van der Waals surface area contributed by atoms with Crippen LogP contribution in [0.1, 0.15) is 64.6 Å². The van der Waals surface area contributed by atoms with Crippen molar-refractivity contribution in [1.82, 2.24) is 20.4 Å². The molecule has 10 nitrogen and oxygen atoms in total. The molecular weight excluding hydrogens is 913 g/mol. The van der Waals surface area contributed by atoms with Gasteiger partial charge in [0.25, 0.3) is 0 Å². The fourth-order valence-electron chi connectivity index (χ4n) is 9.99. The lowest BCUT2D eigenvalue weighted by Gasteiger charge is -2.29. The molecule has 72 heavy (non-hydrogen) atoms. The molecule has 0 aliphatic carbocycles. The molecule has 2 aliphatic heterocycles. The first kappa shape index (κ1) is 45.6. The van der Waals surface area contributed by atoms with Crippen molar-refractivity contribution in [2.24, 2.45) is 0 Å². The highest BCUT2D eigenvalue weighted by atomic mass is 32.1. The summed E-state index contributed by atoms with van der Waals surface area (Å²) in [6, 6.07) is 60.9. The van der Waals surface area contributed by atoms with Crippen LogP contribution < -0.4 is 10.6 Å². The molecule has 0 saturated heterocycles. The number of H-pyrrole nitrogens is 2. The van der Waals surface area contributed by atoms with E-state index in [2.05, 4.69) is 112 Å². The number of carbonyl (C=O) groups excluding carboxylic acids is 2. The van der Waals surface area contributed by atoms with Crippen LogP contribution >= 0.6 is 11.3 Å². The van der Waals surface area contributed by atoms with E-state index in [1.165, 1.54) is 5.56 Å². The number of hydrogen-bond donors (Lipinski definition) is 4. The number of nitrogens with zero attached hydrogens (tertiary/aromatic N) is 2. The summed E-state index contributed by atoms with van der Waals surface area (Å²) in [5, 5.41) is 29.0. The highest BCUT2D eigenvalue weighted by Gasteiger charge is 2.39. The van der Waals surface area contributed by atoms with Gasteiger partial charge in [0.2, 0.25) is 0 Å². The maximum Gasteiger partial charge on any atom is 0.337 e. The van der Waals surface area contributed by atoms with E-state index in [9.17, 15) is 9.59 Å². The minimum absolute atomic E-state index is 0.210. The molecule has 5 heterocycles. The lowest BCUT2D eigenvalue weighted by Crippen LogP contribution is -2.24. The average Bonchev–Trinajstić information content (AvgIpc) is 4.21. The van der Waals surface area contributed by atoms with Gasteiger partial charge in [-0.2, -0.15) is 10.2 Å². The molecule has 3 aromatic heterocycles. The third-order valence-corrected chi connectivity index (χ3v) is 14.3. The maximum absolute atomic E-state index is 13.8. The Morgan fingerprint density at radius 1 is 0.500 bits per heavy atom. The fourth-order valence-corrected chi connectivity index (χ4v) is 10.7. The molecule has 10 aromatic rings. The van der Waals surface area contributed by atoms with E-state index >= 15 is 0 Å². The van der Waals surface area contributed by atoms with Gasteiger partial charge >= 0.3 is 11.9 Å². The number of hydrogen-bond acceptors (Lipinski definition) is 9. The van der Waals surface area contributed by atoms with Gasteiger partial charge in [-0.05, 0) is 76.0 Å². The minimum Gasteiger partial charge on any atom is -0.457 e. The number of aromatic nitrogens is 4. The van der Waals surface area contributed by atoms with Gasteiger partial charge in [-0.3, -0.25) is 10.2 Å². The van der Waals surface area contributed by atoms with Gasteiger partial charge in [0, 0.05) is 39.9 Å². The number of aromatic amines is 2. The van der Waals surface area contributed by atoms with Crippen LogP contribution in [-0.2, 0) is 32.3 Å². The smallest absolute Gasteiger partial charge is 0.337 e. The normalized spacial score (nSPS) is 14.9. The second kappa shape index (κ2) is 19.9. The SMILES string of the molecule is CC1=C(C(=O)OCc2ccccc2)C(c2cccc3ccccc23)c2c(-c3ccc(C)cc3)n[nH]c2N1.CC1=C(C(=O)OCc2ccccc2)C(c2cccc3ccccc23)c2c(-c3cccs3)n[nH]c2N1. The van der Waals surface area contributed by atoms with E-state index in [0.717, 1.165) is 99.8 Å². The molecule has 0 bridgehead atoms. The van der Waals surface area contributed by atoms with Crippen LogP contribution in [0, 0.1) is 6.92 Å². The van der Waals surface area contributed by atoms with Gasteiger partial charge in [-0.1, -0.05) is 181 Å². The standard InChI is InChI=1S/C32H27N3O2.C29H23N3O2S/c1-20-15-17-24(18-16-20)30-29-28(26-14-8-12-23-11-6-7-13-25(23)26)27(21(2)33-31(29)35-34-30)32(36)37-19-22-9-4-3-5-10-22;1-18-24(29(33)34-17-19-9-3-2-4-10-19)25(22-14-7-12-20-11-5-6-13-21(20)22)26-27(23-15-8-16-35-23)31-32-28(26)30-18/h3-18,28H,19H2,1-2H3,(H2,33,34,35);2-16,25H,17H2,1H3,(H2,30,31,32). The number of aryl methyl sites for hydroxylation is 1. The maximum atomic E-state index is 13.8. The molecule has 0 amide bonds. The Morgan fingerprint density at radius 3 is 1.46 bits per heavy atom. The number of esters is 2. The van der Waals surface area contributed by atoms with E-state index < -0.39 is 0 Å². The second-order valence-electron chi connectivity index (χ2n) is 18.0. The largest absolute Gasteiger partial charge is 0.457 e. The van der Waals surface area contributed by atoms with Crippen LogP contribution in [-0.4, -0.2) is 32.3 Å². The van der Waals surface area contributed by atoms with Gasteiger partial charge < -0.3 is 20.1 Å². The zero-order valence-electron chi connectivity index (χ0n) is 39.9. The Kier molecular flexibility index (Phi) is 12.6. The molecule has 7 aromatic carbocycles. The number of carbonyl (C=O) groups is 2. The Balaban J connectivity index is 0.000000156. The van der Waals surface area contributed by atoms with E-state index in [0.29, 0.717) is 11.1 Å². The third kappa shape index (κ3) is 8.86. The summed E-state index contributed by atoms with van der Waals surface area (Å²) in [7, 11) is 0. The van der Waals surface area contributed by atoms with Crippen LogP contribution in [0.25, 0.3) is 43.4 Å². The molecule has 0 saturated carbocycles. The predicted molar refractivity (Wildman–Crippen MR) is 287 cm³/mol. The summed E-state index contributed by atoms with van der Waals surface area (Å²) < 4.78 is 11.7. The molecule has 11 heteroatoms. The minimum atomic E-state index is -0.360. The van der Waals surface area contributed by atoms with E-state index in [-0.39, 0.29) is 37.0 Å². The Labute approximate surface area is 421 Å². The van der Waals surface area contributed by atoms with Gasteiger partial charge in [0.05, 0.1) is 21.7 Å². The second-order valence-corrected chi connectivity index (χ2v) is 19.0. The predicted octanol–water partition coefficient (Wildman–Crippen LogP) is 14.0. The Hall–Kier alpha value is -8.80. The van der Waals surface area contributed by atoms with E-state index in [4.69, 9.17) is 14.6 Å². The molecule has 0 fully saturated rings. The van der Waals surface area contributed by atoms with Crippen molar-refractivity contribution in [2.45, 2.75) is 45.8 Å². The van der Waals surface area contributed by atoms with Gasteiger partial charge in [-0.25, -0.2) is 9.59 Å². The number of nitrogens with one attached hydrogen (secondary N) is 4. The van der Waals surface area contributed by atoms with Gasteiger partial charge in [0.1, 0.15) is 30.5 Å². The third-order valence-electron chi connectivity index (χ3n) is 13.4. The number of fused-ring (bicyclic) bond motifs is 4. The quantitative estimate of drug-likeness (QED) is 0.0996. The number of benzene rings is 7. The molecule has 12 rings (SSSR count). The summed E-state index contributed by atoms with van der Waals surface area (Å²) >= 11 is 1.63. The van der Waals surface area contributed by atoms with Crippen LogP contribution in [0.3, 0.4) is 0 Å². The fraction of sp³-hybridized carbons (Fsp3) is 0.115. The van der Waals surface area contributed by atoms with Crippen molar-refractivity contribution in [2.75, 3.05) is 10.6 Å². The lowest BCUT2D eigenvalue weighted by molar-refractivity contribution is -0.141. The lowest BCUT2D eigenvalue weighted by atomic mass is 9.79. The topological polar surface area (TPSA) is 134 Å². The molecule has 354 valence electrons. The first-order valence-electron chi connectivity index (χ1n) is 23.9. The summed E-state index contributed by atoms with van der Waals surface area (Å²) in [4.78, 5) is 28.5. The number of allylic oxidation sites excluding steroid dienone is 2. The first-order valence-corrected chi connectivity index (χ1v) is 24.8. The zero-order valence-corrected chi connectivity index (χ0v) is 40.7. The number of anilines is 2. The number of rotatable bonds is 10.